The number of ether oxygens (including phenoxy) is 1. The molecule has 4 nitrogen and oxygen atoms in total. The van der Waals surface area contributed by atoms with Crippen LogP contribution in [0.1, 0.15) is 25.3 Å². The Kier molecular flexibility index (Phi) is 5.57. The molecule has 0 aromatic heterocycles. The lowest BCUT2D eigenvalue weighted by molar-refractivity contribution is 0.0621. The fourth-order valence-corrected chi connectivity index (χ4v) is 3.58. The predicted molar refractivity (Wildman–Crippen MR) is 80.2 cm³/mol. The van der Waals surface area contributed by atoms with Crippen LogP contribution in [0.2, 0.25) is 0 Å². The topological polar surface area (TPSA) is 46.6 Å². The highest BCUT2D eigenvalue weighted by molar-refractivity contribution is 7.89. The number of rotatable bonds is 7. The Morgan fingerprint density at radius 2 is 2.05 bits per heavy atom. The summed E-state index contributed by atoms with van der Waals surface area (Å²) in [5, 5.41) is 0. The van der Waals surface area contributed by atoms with E-state index in [1.807, 2.05) is 18.2 Å². The molecular formula is C15H23NO3S. The molecular weight excluding hydrogens is 274 g/mol. The van der Waals surface area contributed by atoms with E-state index in [0.717, 1.165) is 19.3 Å². The number of benzene rings is 1. The second-order valence-electron chi connectivity index (χ2n) is 5.13. The third kappa shape index (κ3) is 4.30. The van der Waals surface area contributed by atoms with Crippen molar-refractivity contribution in [2.24, 2.45) is 0 Å². The SMILES string of the molecule is CCS(=O)(=O)N1CC[C@@H](OCCCc2ccccc2)C1. The van der Waals surface area contributed by atoms with Gasteiger partial charge in [-0.1, -0.05) is 30.3 Å². The summed E-state index contributed by atoms with van der Waals surface area (Å²) in [5.74, 6) is 0.174. The first-order valence-corrected chi connectivity index (χ1v) is 8.86. The van der Waals surface area contributed by atoms with Crippen LogP contribution in [0, 0.1) is 0 Å². The van der Waals surface area contributed by atoms with Crippen LogP contribution in [0.4, 0.5) is 0 Å². The zero-order valence-electron chi connectivity index (χ0n) is 12.0. The molecule has 1 aromatic rings. The van der Waals surface area contributed by atoms with Crippen LogP contribution in [-0.2, 0) is 21.2 Å². The number of aryl methyl sites for hydroxylation is 1. The number of sulfonamides is 1. The molecule has 1 fully saturated rings. The second kappa shape index (κ2) is 7.20. The van der Waals surface area contributed by atoms with E-state index >= 15 is 0 Å². The van der Waals surface area contributed by atoms with Crippen molar-refractivity contribution in [2.75, 3.05) is 25.4 Å². The summed E-state index contributed by atoms with van der Waals surface area (Å²) in [6, 6.07) is 10.3. The first-order valence-electron chi connectivity index (χ1n) is 7.25. The van der Waals surface area contributed by atoms with Gasteiger partial charge < -0.3 is 4.74 Å². The molecule has 112 valence electrons. The zero-order valence-corrected chi connectivity index (χ0v) is 12.8. The van der Waals surface area contributed by atoms with E-state index in [2.05, 4.69) is 12.1 Å². The maximum Gasteiger partial charge on any atom is 0.213 e. The summed E-state index contributed by atoms with van der Waals surface area (Å²) in [7, 11) is -3.05. The molecule has 5 heteroatoms. The van der Waals surface area contributed by atoms with E-state index in [9.17, 15) is 8.42 Å². The highest BCUT2D eigenvalue weighted by atomic mass is 32.2. The molecule has 0 spiro atoms. The standard InChI is InChI=1S/C15H23NO3S/c1-2-20(17,18)16-11-10-15(13-16)19-12-6-9-14-7-4-3-5-8-14/h3-5,7-8,15H,2,6,9-13H2,1H3/t15-/m1/s1. The Balaban J connectivity index is 1.66. The van der Waals surface area contributed by atoms with Crippen LogP contribution in [0.5, 0.6) is 0 Å². The van der Waals surface area contributed by atoms with Crippen LogP contribution < -0.4 is 0 Å². The van der Waals surface area contributed by atoms with Gasteiger partial charge in [0.2, 0.25) is 10.0 Å². The van der Waals surface area contributed by atoms with Gasteiger partial charge in [-0.25, -0.2) is 8.42 Å². The molecule has 0 unspecified atom stereocenters. The van der Waals surface area contributed by atoms with E-state index < -0.39 is 10.0 Å². The second-order valence-corrected chi connectivity index (χ2v) is 7.39. The quantitative estimate of drug-likeness (QED) is 0.724. The summed E-state index contributed by atoms with van der Waals surface area (Å²) in [5.41, 5.74) is 1.32. The van der Waals surface area contributed by atoms with Gasteiger partial charge in [-0.05, 0) is 31.7 Å². The average Bonchev–Trinajstić information content (AvgIpc) is 2.94. The zero-order chi connectivity index (χ0) is 14.4. The van der Waals surface area contributed by atoms with Gasteiger partial charge in [0.05, 0.1) is 11.9 Å². The normalized spacial score (nSPS) is 20.4. The Hall–Kier alpha value is -0.910. The van der Waals surface area contributed by atoms with Gasteiger partial charge in [-0.2, -0.15) is 4.31 Å². The van der Waals surface area contributed by atoms with E-state index in [1.165, 1.54) is 5.56 Å². The predicted octanol–water partition coefficient (Wildman–Crippen LogP) is 2.06. The van der Waals surface area contributed by atoms with Crippen molar-refractivity contribution in [1.29, 1.82) is 0 Å². The van der Waals surface area contributed by atoms with Gasteiger partial charge in [-0.15, -0.1) is 0 Å². The van der Waals surface area contributed by atoms with Crippen LogP contribution in [0.15, 0.2) is 30.3 Å². The molecule has 0 saturated carbocycles. The highest BCUT2D eigenvalue weighted by Gasteiger charge is 2.30. The van der Waals surface area contributed by atoms with Crippen molar-refractivity contribution >= 4 is 10.0 Å². The smallest absolute Gasteiger partial charge is 0.213 e. The summed E-state index contributed by atoms with van der Waals surface area (Å²) >= 11 is 0. The van der Waals surface area contributed by atoms with Crippen LogP contribution in [-0.4, -0.2) is 44.3 Å². The van der Waals surface area contributed by atoms with Gasteiger partial charge >= 0.3 is 0 Å². The van der Waals surface area contributed by atoms with Crippen molar-refractivity contribution in [3.63, 3.8) is 0 Å². The molecule has 1 atom stereocenters. The van der Waals surface area contributed by atoms with Crippen molar-refractivity contribution < 1.29 is 13.2 Å². The Labute approximate surface area is 121 Å². The van der Waals surface area contributed by atoms with E-state index in [1.54, 1.807) is 11.2 Å². The molecule has 1 heterocycles. The van der Waals surface area contributed by atoms with Crippen LogP contribution >= 0.6 is 0 Å². The van der Waals surface area contributed by atoms with E-state index in [0.29, 0.717) is 19.7 Å². The minimum absolute atomic E-state index is 0.0621. The lowest BCUT2D eigenvalue weighted by Crippen LogP contribution is -2.31. The third-order valence-electron chi connectivity index (χ3n) is 3.67. The Morgan fingerprint density at radius 3 is 2.75 bits per heavy atom. The lowest BCUT2D eigenvalue weighted by atomic mass is 10.1. The minimum atomic E-state index is -3.05. The minimum Gasteiger partial charge on any atom is -0.377 e. The molecule has 0 bridgehead atoms. The molecule has 0 aliphatic carbocycles. The highest BCUT2D eigenvalue weighted by Crippen LogP contribution is 2.17. The molecule has 0 N–H and O–H groups in total. The van der Waals surface area contributed by atoms with Crippen molar-refractivity contribution in [3.05, 3.63) is 35.9 Å². The van der Waals surface area contributed by atoms with Crippen LogP contribution in [0.25, 0.3) is 0 Å². The molecule has 2 rings (SSSR count). The van der Waals surface area contributed by atoms with Gasteiger partial charge in [0, 0.05) is 19.7 Å². The van der Waals surface area contributed by atoms with Crippen molar-refractivity contribution in [2.45, 2.75) is 32.3 Å². The largest absolute Gasteiger partial charge is 0.377 e. The van der Waals surface area contributed by atoms with Crippen molar-refractivity contribution in [1.82, 2.24) is 4.31 Å². The molecule has 1 aromatic carbocycles. The molecule has 0 amide bonds. The van der Waals surface area contributed by atoms with E-state index in [-0.39, 0.29) is 11.9 Å². The summed E-state index contributed by atoms with van der Waals surface area (Å²) < 4.78 is 30.8. The van der Waals surface area contributed by atoms with Gasteiger partial charge in [0.1, 0.15) is 0 Å². The number of hydrogen-bond donors (Lipinski definition) is 0. The fraction of sp³-hybridized carbons (Fsp3) is 0.600. The molecule has 1 aliphatic heterocycles. The van der Waals surface area contributed by atoms with Crippen molar-refractivity contribution in [3.8, 4) is 0 Å². The lowest BCUT2D eigenvalue weighted by Gasteiger charge is -2.15. The summed E-state index contributed by atoms with van der Waals surface area (Å²) in [6.07, 6.45) is 2.85. The first-order chi connectivity index (χ1) is 9.62. The summed E-state index contributed by atoms with van der Waals surface area (Å²) in [4.78, 5) is 0. The fourth-order valence-electron chi connectivity index (χ4n) is 2.44. The van der Waals surface area contributed by atoms with Crippen LogP contribution in [0.3, 0.4) is 0 Å². The van der Waals surface area contributed by atoms with Gasteiger partial charge in [0.25, 0.3) is 0 Å². The maximum absolute atomic E-state index is 11.7. The molecule has 1 aliphatic rings. The molecule has 1 saturated heterocycles. The van der Waals surface area contributed by atoms with Gasteiger partial charge in [0.15, 0.2) is 0 Å². The number of nitrogens with zero attached hydrogens (tertiary/aromatic N) is 1. The Bertz CT molecular complexity index is 501. The Morgan fingerprint density at radius 1 is 1.30 bits per heavy atom. The monoisotopic (exact) mass is 297 g/mol. The summed E-state index contributed by atoms with van der Waals surface area (Å²) in [6.45, 7) is 3.49. The molecule has 20 heavy (non-hydrogen) atoms. The number of hydrogen-bond acceptors (Lipinski definition) is 3. The third-order valence-corrected chi connectivity index (χ3v) is 5.52. The van der Waals surface area contributed by atoms with Gasteiger partial charge in [-0.3, -0.25) is 0 Å². The maximum atomic E-state index is 11.7. The van der Waals surface area contributed by atoms with E-state index in [4.69, 9.17) is 4.74 Å². The molecule has 0 radical (unpaired) electrons. The first kappa shape index (κ1) is 15.5. The average molecular weight is 297 g/mol.